The lowest BCUT2D eigenvalue weighted by Gasteiger charge is -2.09. The van der Waals surface area contributed by atoms with E-state index < -0.39 is 11.8 Å². The first-order valence-electron chi connectivity index (χ1n) is 8.14. The fourth-order valence-corrected chi connectivity index (χ4v) is 2.78. The number of hydrogen-bond acceptors (Lipinski definition) is 6. The lowest BCUT2D eigenvalue weighted by molar-refractivity contribution is -0.120. The number of hydrogen-bond donors (Lipinski definition) is 2. The zero-order valence-corrected chi connectivity index (χ0v) is 17.2. The molecule has 0 bridgehead atoms. The first kappa shape index (κ1) is 21.2. The Morgan fingerprint density at radius 1 is 1.00 bits per heavy atom. The second-order valence-electron chi connectivity index (χ2n) is 5.44. The lowest BCUT2D eigenvalue weighted by Crippen LogP contribution is -2.34. The Morgan fingerprint density at radius 2 is 1.68 bits per heavy atom. The molecule has 0 saturated carbocycles. The zero-order chi connectivity index (χ0) is 20.5. The van der Waals surface area contributed by atoms with Gasteiger partial charge in [-0.1, -0.05) is 0 Å². The van der Waals surface area contributed by atoms with Crippen LogP contribution < -0.4 is 25.0 Å². The van der Waals surface area contributed by atoms with Crippen LogP contribution in [0.25, 0.3) is 0 Å². The Balaban J connectivity index is 1.86. The van der Waals surface area contributed by atoms with Gasteiger partial charge in [-0.05, 0) is 57.9 Å². The third kappa shape index (κ3) is 5.71. The maximum Gasteiger partial charge on any atom is 0.259 e. The first-order chi connectivity index (χ1) is 13.5. The van der Waals surface area contributed by atoms with Gasteiger partial charge in [-0.3, -0.25) is 9.59 Å². The zero-order valence-electron chi connectivity index (χ0n) is 15.6. The van der Waals surface area contributed by atoms with Crippen LogP contribution in [0.1, 0.15) is 15.9 Å². The van der Waals surface area contributed by atoms with Gasteiger partial charge >= 0.3 is 0 Å². The molecule has 0 radical (unpaired) electrons. The van der Waals surface area contributed by atoms with Crippen LogP contribution in [0, 0.1) is 0 Å². The molecule has 2 rings (SSSR count). The predicted molar refractivity (Wildman–Crippen MR) is 108 cm³/mol. The number of hydrazone groups is 1. The van der Waals surface area contributed by atoms with E-state index in [0.29, 0.717) is 22.8 Å². The number of carbonyl (C=O) groups excluding carboxylic acids is 2. The molecule has 2 amide bonds. The summed E-state index contributed by atoms with van der Waals surface area (Å²) in [6, 6.07) is 10.1. The third-order valence-electron chi connectivity index (χ3n) is 3.63. The third-order valence-corrected chi connectivity index (χ3v) is 4.25. The van der Waals surface area contributed by atoms with E-state index >= 15 is 0 Å². The van der Waals surface area contributed by atoms with Crippen LogP contribution in [-0.2, 0) is 4.79 Å². The van der Waals surface area contributed by atoms with Gasteiger partial charge in [0.15, 0.2) is 11.5 Å². The average Bonchev–Trinajstić information content (AvgIpc) is 2.71. The molecule has 0 aliphatic rings. The van der Waals surface area contributed by atoms with Crippen molar-refractivity contribution in [1.82, 2.24) is 10.7 Å². The number of halogens is 1. The minimum atomic E-state index is -0.461. The first-order valence-corrected chi connectivity index (χ1v) is 8.93. The molecule has 0 aliphatic heterocycles. The van der Waals surface area contributed by atoms with Gasteiger partial charge in [0.25, 0.3) is 11.8 Å². The van der Waals surface area contributed by atoms with Crippen molar-refractivity contribution < 1.29 is 23.8 Å². The van der Waals surface area contributed by atoms with Crippen LogP contribution in [-0.4, -0.2) is 45.9 Å². The molecule has 0 aromatic heterocycles. The van der Waals surface area contributed by atoms with Gasteiger partial charge < -0.3 is 19.5 Å². The fraction of sp³-hybridized carbons (Fsp3) is 0.211. The minimum absolute atomic E-state index is 0.225. The van der Waals surface area contributed by atoms with Gasteiger partial charge in [0.2, 0.25) is 0 Å². The summed E-state index contributed by atoms with van der Waals surface area (Å²) in [6.07, 6.45) is 1.48. The number of benzene rings is 2. The van der Waals surface area contributed by atoms with Gasteiger partial charge in [0, 0.05) is 5.56 Å². The highest BCUT2D eigenvalue weighted by Crippen LogP contribution is 2.27. The average molecular weight is 450 g/mol. The Labute approximate surface area is 171 Å². The molecule has 28 heavy (non-hydrogen) atoms. The molecule has 0 spiro atoms. The maximum absolute atomic E-state index is 12.2. The van der Waals surface area contributed by atoms with Crippen LogP contribution in [0.2, 0.25) is 0 Å². The Kier molecular flexibility index (Phi) is 7.82. The van der Waals surface area contributed by atoms with E-state index in [4.69, 9.17) is 14.2 Å². The van der Waals surface area contributed by atoms with Crippen LogP contribution in [0.3, 0.4) is 0 Å². The SMILES string of the molecule is COc1ccc(C=NNC(=O)CNC(=O)c2ccc(OC)c(OC)c2)cc1Br. The molecule has 8 nitrogen and oxygen atoms in total. The van der Waals surface area contributed by atoms with Gasteiger partial charge in [0.05, 0.1) is 38.6 Å². The molecule has 0 saturated heterocycles. The van der Waals surface area contributed by atoms with E-state index in [1.165, 1.54) is 26.5 Å². The van der Waals surface area contributed by atoms with Crippen LogP contribution in [0.4, 0.5) is 0 Å². The number of carbonyl (C=O) groups is 2. The molecule has 0 heterocycles. The Bertz CT molecular complexity index is 886. The number of ether oxygens (including phenoxy) is 3. The molecule has 0 atom stereocenters. The summed E-state index contributed by atoms with van der Waals surface area (Å²) < 4.78 is 16.2. The van der Waals surface area contributed by atoms with E-state index in [-0.39, 0.29) is 6.54 Å². The normalized spacial score (nSPS) is 10.4. The number of nitrogens with zero attached hydrogens (tertiary/aromatic N) is 1. The van der Waals surface area contributed by atoms with Crippen molar-refractivity contribution in [3.05, 3.63) is 52.0 Å². The summed E-state index contributed by atoms with van der Waals surface area (Å²) >= 11 is 3.37. The maximum atomic E-state index is 12.2. The topological polar surface area (TPSA) is 98.2 Å². The number of rotatable bonds is 8. The molecule has 0 aliphatic carbocycles. The predicted octanol–water partition coefficient (Wildman–Crippen LogP) is 2.35. The van der Waals surface area contributed by atoms with Crippen molar-refractivity contribution in [2.75, 3.05) is 27.9 Å². The summed E-state index contributed by atoms with van der Waals surface area (Å²) in [7, 11) is 4.56. The number of amides is 2. The molecule has 148 valence electrons. The number of nitrogens with one attached hydrogen (secondary N) is 2. The van der Waals surface area contributed by atoms with E-state index in [9.17, 15) is 9.59 Å². The monoisotopic (exact) mass is 449 g/mol. The molecule has 0 fully saturated rings. The second kappa shape index (κ2) is 10.3. The van der Waals surface area contributed by atoms with E-state index in [1.807, 2.05) is 0 Å². The van der Waals surface area contributed by atoms with Crippen molar-refractivity contribution in [3.63, 3.8) is 0 Å². The van der Waals surface area contributed by atoms with Crippen molar-refractivity contribution in [1.29, 1.82) is 0 Å². The second-order valence-corrected chi connectivity index (χ2v) is 6.29. The number of methoxy groups -OCH3 is 3. The van der Waals surface area contributed by atoms with Crippen molar-refractivity contribution in [2.24, 2.45) is 5.10 Å². The highest BCUT2D eigenvalue weighted by molar-refractivity contribution is 9.10. The molecule has 2 aromatic rings. The molecule has 2 N–H and O–H groups in total. The minimum Gasteiger partial charge on any atom is -0.496 e. The summed E-state index contributed by atoms with van der Waals surface area (Å²) in [5, 5.41) is 6.38. The Hall–Kier alpha value is -3.07. The van der Waals surface area contributed by atoms with E-state index in [2.05, 4.69) is 31.8 Å². The molecular formula is C19H20BrN3O5. The highest BCUT2D eigenvalue weighted by Gasteiger charge is 2.11. The van der Waals surface area contributed by atoms with Crippen LogP contribution in [0.5, 0.6) is 17.2 Å². The van der Waals surface area contributed by atoms with Gasteiger partial charge in [-0.2, -0.15) is 5.10 Å². The summed E-state index contributed by atoms with van der Waals surface area (Å²) in [5.74, 6) is 0.752. The highest BCUT2D eigenvalue weighted by atomic mass is 79.9. The fourth-order valence-electron chi connectivity index (χ4n) is 2.22. The van der Waals surface area contributed by atoms with Crippen molar-refractivity contribution in [2.45, 2.75) is 0 Å². The summed E-state index contributed by atoms with van der Waals surface area (Å²) in [6.45, 7) is -0.225. The summed E-state index contributed by atoms with van der Waals surface area (Å²) in [5.41, 5.74) is 3.46. The van der Waals surface area contributed by atoms with Gasteiger partial charge in [0.1, 0.15) is 5.75 Å². The van der Waals surface area contributed by atoms with Gasteiger partial charge in [-0.15, -0.1) is 0 Å². The van der Waals surface area contributed by atoms with E-state index in [0.717, 1.165) is 10.0 Å². The molecule has 0 unspecified atom stereocenters. The van der Waals surface area contributed by atoms with Crippen molar-refractivity contribution in [3.8, 4) is 17.2 Å². The largest absolute Gasteiger partial charge is 0.496 e. The standard InChI is InChI=1S/C19H20BrN3O5/c1-26-15-6-4-12(8-14(15)20)10-22-23-18(24)11-21-19(25)13-5-7-16(27-2)17(9-13)28-3/h4-10H,11H2,1-3H3,(H,21,25)(H,23,24). The van der Waals surface area contributed by atoms with Gasteiger partial charge in [-0.25, -0.2) is 5.43 Å². The molecule has 2 aromatic carbocycles. The molecular weight excluding hydrogens is 430 g/mol. The quantitative estimate of drug-likeness (QED) is 0.476. The molecule has 9 heteroatoms. The van der Waals surface area contributed by atoms with Crippen LogP contribution >= 0.6 is 15.9 Å². The summed E-state index contributed by atoms with van der Waals surface area (Å²) in [4.78, 5) is 24.0. The smallest absolute Gasteiger partial charge is 0.259 e. The van der Waals surface area contributed by atoms with Crippen LogP contribution in [0.15, 0.2) is 46.0 Å². The van der Waals surface area contributed by atoms with E-state index in [1.54, 1.807) is 37.4 Å². The Morgan fingerprint density at radius 3 is 2.32 bits per heavy atom. The van der Waals surface area contributed by atoms with Crippen molar-refractivity contribution >= 4 is 34.0 Å². The lowest BCUT2D eigenvalue weighted by atomic mass is 10.2.